The van der Waals surface area contributed by atoms with Gasteiger partial charge in [-0.25, -0.2) is 0 Å². The first kappa shape index (κ1) is 16.3. The molecule has 0 atom stereocenters. The Morgan fingerprint density at radius 1 is 1.19 bits per heavy atom. The van der Waals surface area contributed by atoms with E-state index in [0.29, 0.717) is 16.3 Å². The van der Waals surface area contributed by atoms with E-state index in [2.05, 4.69) is 43.8 Å². The first-order chi connectivity index (χ1) is 9.88. The Morgan fingerprint density at radius 2 is 1.90 bits per heavy atom. The summed E-state index contributed by atoms with van der Waals surface area (Å²) in [5.41, 5.74) is 6.34. The van der Waals surface area contributed by atoms with Crippen molar-refractivity contribution in [3.63, 3.8) is 0 Å². The molecule has 0 saturated heterocycles. The minimum atomic E-state index is -0.584. The second-order valence-electron chi connectivity index (χ2n) is 4.14. The summed E-state index contributed by atoms with van der Waals surface area (Å²) in [5.74, 6) is -0.900. The van der Waals surface area contributed by atoms with Gasteiger partial charge in [0.15, 0.2) is 0 Å². The van der Waals surface area contributed by atoms with Gasteiger partial charge in [0, 0.05) is 13.6 Å². The van der Waals surface area contributed by atoms with Gasteiger partial charge in [-0.2, -0.15) is 0 Å². The quantitative estimate of drug-likeness (QED) is 0.652. The van der Waals surface area contributed by atoms with Crippen molar-refractivity contribution in [2.24, 2.45) is 5.73 Å². The van der Waals surface area contributed by atoms with E-state index in [0.717, 1.165) is 8.04 Å². The molecule has 0 spiro atoms. The van der Waals surface area contributed by atoms with Gasteiger partial charge in [0.25, 0.3) is 5.91 Å². The van der Waals surface area contributed by atoms with Crippen LogP contribution in [-0.4, -0.2) is 11.8 Å². The van der Waals surface area contributed by atoms with Gasteiger partial charge >= 0.3 is 0 Å². The van der Waals surface area contributed by atoms with E-state index in [1.54, 1.807) is 6.07 Å². The molecule has 4 nitrogen and oxygen atoms in total. The van der Waals surface area contributed by atoms with Gasteiger partial charge in [-0.05, 0) is 59.0 Å². The number of rotatable bonds is 3. The minimum Gasteiger partial charge on any atom is -0.366 e. The van der Waals surface area contributed by atoms with Gasteiger partial charge < -0.3 is 11.1 Å². The molecule has 0 saturated carbocycles. The van der Waals surface area contributed by atoms with E-state index >= 15 is 0 Å². The molecular formula is C14H9BrClIN2O2. The smallest absolute Gasteiger partial charge is 0.256 e. The number of carbonyl (C=O) groups excluding carboxylic acids is 2. The summed E-state index contributed by atoms with van der Waals surface area (Å²) in [6.07, 6.45) is 0. The van der Waals surface area contributed by atoms with E-state index in [4.69, 9.17) is 17.3 Å². The second-order valence-corrected chi connectivity index (χ2v) is 6.62. The van der Waals surface area contributed by atoms with Gasteiger partial charge in [0.05, 0.1) is 16.3 Å². The molecule has 0 fully saturated rings. The van der Waals surface area contributed by atoms with Gasteiger partial charge in [0.2, 0.25) is 5.91 Å². The van der Waals surface area contributed by atoms with Crippen LogP contribution in [0.1, 0.15) is 20.7 Å². The number of nitrogens with two attached hydrogens (primary N) is 1. The maximum atomic E-state index is 12.3. The molecule has 0 unspecified atom stereocenters. The maximum Gasteiger partial charge on any atom is 0.256 e. The van der Waals surface area contributed by atoms with Crippen LogP contribution in [-0.2, 0) is 0 Å². The topological polar surface area (TPSA) is 72.2 Å². The average molecular weight is 479 g/mol. The summed E-state index contributed by atoms with van der Waals surface area (Å²) >= 11 is 11.4. The zero-order valence-corrected chi connectivity index (χ0v) is 15.0. The van der Waals surface area contributed by atoms with Gasteiger partial charge in [-0.3, -0.25) is 9.59 Å². The Bertz CT molecular complexity index is 737. The number of primary amides is 1. The zero-order valence-electron chi connectivity index (χ0n) is 10.5. The molecule has 0 aliphatic carbocycles. The lowest BCUT2D eigenvalue weighted by atomic mass is 10.1. The van der Waals surface area contributed by atoms with Crippen molar-refractivity contribution in [3.05, 3.63) is 60.6 Å². The summed E-state index contributed by atoms with van der Waals surface area (Å²) in [6, 6.07) is 9.85. The Hall–Kier alpha value is -1.12. The molecule has 7 heteroatoms. The number of benzene rings is 2. The number of halogens is 3. The first-order valence-electron chi connectivity index (χ1n) is 5.74. The third-order valence-corrected chi connectivity index (χ3v) is 4.44. The molecule has 2 aromatic rings. The van der Waals surface area contributed by atoms with Crippen molar-refractivity contribution >= 4 is 67.6 Å². The van der Waals surface area contributed by atoms with Crippen LogP contribution in [0.4, 0.5) is 5.69 Å². The fourth-order valence-electron chi connectivity index (χ4n) is 1.64. The van der Waals surface area contributed by atoms with Crippen molar-refractivity contribution in [1.29, 1.82) is 0 Å². The SMILES string of the molecule is NC(=O)c1ccc(Cl)c(NC(=O)c2cc(Br)ccc2I)c1. The highest BCUT2D eigenvalue weighted by Gasteiger charge is 2.13. The Morgan fingerprint density at radius 3 is 2.57 bits per heavy atom. The lowest BCUT2D eigenvalue weighted by molar-refractivity contribution is 0.0996. The molecule has 0 aliphatic heterocycles. The van der Waals surface area contributed by atoms with Crippen LogP contribution in [0.3, 0.4) is 0 Å². The molecule has 2 amide bonds. The predicted octanol–water partition coefficient (Wildman–Crippen LogP) is 4.06. The number of carbonyl (C=O) groups is 2. The third-order valence-electron chi connectivity index (χ3n) is 2.67. The maximum absolute atomic E-state index is 12.3. The van der Waals surface area contributed by atoms with Crippen LogP contribution >= 0.6 is 50.1 Å². The normalized spacial score (nSPS) is 10.2. The van der Waals surface area contributed by atoms with Crippen LogP contribution in [0.25, 0.3) is 0 Å². The number of amides is 2. The molecule has 0 aliphatic rings. The Balaban J connectivity index is 2.33. The van der Waals surface area contributed by atoms with Gasteiger partial charge in [-0.1, -0.05) is 27.5 Å². The largest absolute Gasteiger partial charge is 0.366 e. The summed E-state index contributed by atoms with van der Waals surface area (Å²) in [5, 5.41) is 3.02. The van der Waals surface area contributed by atoms with Crippen LogP contribution in [0.2, 0.25) is 5.02 Å². The second kappa shape index (κ2) is 6.76. The zero-order chi connectivity index (χ0) is 15.6. The van der Waals surface area contributed by atoms with Crippen molar-refractivity contribution in [2.75, 3.05) is 5.32 Å². The number of hydrogen-bond donors (Lipinski definition) is 2. The molecule has 0 bridgehead atoms. The fourth-order valence-corrected chi connectivity index (χ4v) is 2.74. The van der Waals surface area contributed by atoms with E-state index in [-0.39, 0.29) is 11.5 Å². The van der Waals surface area contributed by atoms with Crippen molar-refractivity contribution in [2.45, 2.75) is 0 Å². The molecule has 2 rings (SSSR count). The molecule has 0 radical (unpaired) electrons. The highest BCUT2D eigenvalue weighted by molar-refractivity contribution is 14.1. The lowest BCUT2D eigenvalue weighted by Crippen LogP contribution is -2.15. The standard InChI is InChI=1S/C14H9BrClIN2O2/c15-8-2-4-11(17)9(6-8)14(21)19-12-5-7(13(18)20)1-3-10(12)16/h1-6H,(H2,18,20)(H,19,21). The number of hydrogen-bond acceptors (Lipinski definition) is 2. The van der Waals surface area contributed by atoms with Crippen LogP contribution in [0.5, 0.6) is 0 Å². The van der Waals surface area contributed by atoms with E-state index in [9.17, 15) is 9.59 Å². The summed E-state index contributed by atoms with van der Waals surface area (Å²) < 4.78 is 1.60. The molecule has 0 aromatic heterocycles. The molecule has 108 valence electrons. The van der Waals surface area contributed by atoms with Crippen molar-refractivity contribution in [1.82, 2.24) is 0 Å². The Kier molecular flexibility index (Phi) is 5.23. The Labute approximate surface area is 148 Å². The van der Waals surface area contributed by atoms with Crippen LogP contribution in [0.15, 0.2) is 40.9 Å². The van der Waals surface area contributed by atoms with Crippen LogP contribution < -0.4 is 11.1 Å². The molecule has 21 heavy (non-hydrogen) atoms. The van der Waals surface area contributed by atoms with Crippen molar-refractivity contribution < 1.29 is 9.59 Å². The molecule has 3 N–H and O–H groups in total. The first-order valence-corrected chi connectivity index (χ1v) is 7.99. The molecule has 2 aromatic carbocycles. The third kappa shape index (κ3) is 3.96. The molecular weight excluding hydrogens is 470 g/mol. The minimum absolute atomic E-state index is 0.277. The lowest BCUT2D eigenvalue weighted by Gasteiger charge is -2.10. The van der Waals surface area contributed by atoms with Crippen molar-refractivity contribution in [3.8, 4) is 0 Å². The van der Waals surface area contributed by atoms with Gasteiger partial charge in [0.1, 0.15) is 0 Å². The summed E-state index contributed by atoms with van der Waals surface area (Å²) in [7, 11) is 0. The predicted molar refractivity (Wildman–Crippen MR) is 94.8 cm³/mol. The van der Waals surface area contributed by atoms with Crippen LogP contribution in [0, 0.1) is 3.57 Å². The highest BCUT2D eigenvalue weighted by Crippen LogP contribution is 2.25. The van der Waals surface area contributed by atoms with Gasteiger partial charge in [-0.15, -0.1) is 0 Å². The number of nitrogens with one attached hydrogen (secondary N) is 1. The van der Waals surface area contributed by atoms with E-state index < -0.39 is 5.91 Å². The fraction of sp³-hybridized carbons (Fsp3) is 0. The molecule has 0 heterocycles. The average Bonchev–Trinajstić information content (AvgIpc) is 2.43. The summed E-state index contributed by atoms with van der Waals surface area (Å²) in [6.45, 7) is 0. The van der Waals surface area contributed by atoms with E-state index in [1.807, 2.05) is 12.1 Å². The highest BCUT2D eigenvalue weighted by atomic mass is 127. The number of anilines is 1. The van der Waals surface area contributed by atoms with E-state index in [1.165, 1.54) is 18.2 Å². The summed E-state index contributed by atoms with van der Waals surface area (Å²) in [4.78, 5) is 23.5. The monoisotopic (exact) mass is 478 g/mol.